The van der Waals surface area contributed by atoms with Gasteiger partial charge in [-0.15, -0.1) is 0 Å². The summed E-state index contributed by atoms with van der Waals surface area (Å²) in [4.78, 5) is 26.0. The average molecular weight is 333 g/mol. The van der Waals surface area contributed by atoms with Crippen molar-refractivity contribution in [3.8, 4) is 0 Å². The first-order chi connectivity index (χ1) is 11.3. The Kier molecular flexibility index (Phi) is 7.42. The molecule has 0 fully saturated rings. The van der Waals surface area contributed by atoms with Gasteiger partial charge in [0.15, 0.2) is 0 Å². The van der Waals surface area contributed by atoms with Gasteiger partial charge in [0.05, 0.1) is 5.41 Å². The fourth-order valence-electron chi connectivity index (χ4n) is 2.76. The predicted octanol–water partition coefficient (Wildman–Crippen LogP) is 3.15. The lowest BCUT2D eigenvalue weighted by molar-refractivity contribution is -0.131. The Morgan fingerprint density at radius 3 is 2.08 bits per heavy atom. The standard InChI is InChI=1S/C19H31N3O2/c1-6-19(7-2,13-20)18(24)21-17-10-8-16(9-11-17)12-22(14(3)4)15(5)23/h8-11,14H,6-7,12-13,20H2,1-5H3,(H,21,24). The summed E-state index contributed by atoms with van der Waals surface area (Å²) in [5.41, 5.74) is 7.10. The lowest BCUT2D eigenvalue weighted by atomic mass is 9.81. The SMILES string of the molecule is CCC(CC)(CN)C(=O)Nc1ccc(CN(C(C)=O)C(C)C)cc1. The smallest absolute Gasteiger partial charge is 0.231 e. The lowest BCUT2D eigenvalue weighted by Gasteiger charge is -2.28. The molecule has 0 unspecified atom stereocenters. The number of nitrogens with two attached hydrogens (primary N) is 1. The van der Waals surface area contributed by atoms with Crippen molar-refractivity contribution < 1.29 is 9.59 Å². The van der Waals surface area contributed by atoms with E-state index in [-0.39, 0.29) is 17.9 Å². The highest BCUT2D eigenvalue weighted by Gasteiger charge is 2.33. The van der Waals surface area contributed by atoms with Crippen LogP contribution in [0.15, 0.2) is 24.3 Å². The predicted molar refractivity (Wildman–Crippen MR) is 98.5 cm³/mol. The first-order valence-electron chi connectivity index (χ1n) is 8.67. The highest BCUT2D eigenvalue weighted by Crippen LogP contribution is 2.27. The third kappa shape index (κ3) is 4.81. The van der Waals surface area contributed by atoms with Crippen molar-refractivity contribution >= 4 is 17.5 Å². The first kappa shape index (κ1) is 20.2. The van der Waals surface area contributed by atoms with Crippen LogP contribution in [0.5, 0.6) is 0 Å². The van der Waals surface area contributed by atoms with Crippen LogP contribution in [-0.4, -0.2) is 29.3 Å². The highest BCUT2D eigenvalue weighted by molar-refractivity contribution is 5.95. The lowest BCUT2D eigenvalue weighted by Crippen LogP contribution is -2.41. The fourth-order valence-corrected chi connectivity index (χ4v) is 2.76. The summed E-state index contributed by atoms with van der Waals surface area (Å²) in [5, 5.41) is 2.96. The van der Waals surface area contributed by atoms with E-state index in [2.05, 4.69) is 5.32 Å². The molecule has 0 radical (unpaired) electrons. The van der Waals surface area contributed by atoms with Crippen molar-refractivity contribution in [2.75, 3.05) is 11.9 Å². The third-order valence-corrected chi connectivity index (χ3v) is 4.82. The highest BCUT2D eigenvalue weighted by atomic mass is 16.2. The average Bonchev–Trinajstić information content (AvgIpc) is 2.55. The van der Waals surface area contributed by atoms with Crippen molar-refractivity contribution in [3.05, 3.63) is 29.8 Å². The summed E-state index contributed by atoms with van der Waals surface area (Å²) in [6, 6.07) is 7.78. The first-order valence-corrected chi connectivity index (χ1v) is 8.67. The van der Waals surface area contributed by atoms with Crippen molar-refractivity contribution in [2.45, 2.75) is 60.0 Å². The molecule has 0 aliphatic heterocycles. The normalized spacial score (nSPS) is 11.5. The Hall–Kier alpha value is -1.88. The van der Waals surface area contributed by atoms with Crippen LogP contribution in [0.2, 0.25) is 0 Å². The van der Waals surface area contributed by atoms with E-state index in [0.717, 1.165) is 11.3 Å². The molecule has 2 amide bonds. The van der Waals surface area contributed by atoms with Crippen LogP contribution in [0.3, 0.4) is 0 Å². The molecule has 0 aromatic heterocycles. The number of nitrogens with zero attached hydrogens (tertiary/aromatic N) is 1. The van der Waals surface area contributed by atoms with Crippen LogP contribution in [-0.2, 0) is 16.1 Å². The molecule has 0 aliphatic carbocycles. The number of benzene rings is 1. The molecule has 0 atom stereocenters. The van der Waals surface area contributed by atoms with Crippen LogP contribution in [0.25, 0.3) is 0 Å². The summed E-state index contributed by atoms with van der Waals surface area (Å²) >= 11 is 0. The third-order valence-electron chi connectivity index (χ3n) is 4.82. The zero-order valence-corrected chi connectivity index (χ0v) is 15.6. The quantitative estimate of drug-likeness (QED) is 0.767. The van der Waals surface area contributed by atoms with Crippen LogP contribution in [0.4, 0.5) is 5.69 Å². The minimum absolute atomic E-state index is 0.0321. The zero-order chi connectivity index (χ0) is 18.3. The number of carbonyl (C=O) groups excluding carboxylic acids is 2. The Balaban J connectivity index is 2.81. The topological polar surface area (TPSA) is 75.4 Å². The molecule has 5 nitrogen and oxygen atoms in total. The summed E-state index contributed by atoms with van der Waals surface area (Å²) < 4.78 is 0. The van der Waals surface area contributed by atoms with E-state index >= 15 is 0 Å². The summed E-state index contributed by atoms with van der Waals surface area (Å²) in [6.07, 6.45) is 1.43. The molecule has 3 N–H and O–H groups in total. The number of amides is 2. The molecular formula is C19H31N3O2. The van der Waals surface area contributed by atoms with E-state index in [1.54, 1.807) is 11.8 Å². The van der Waals surface area contributed by atoms with E-state index < -0.39 is 5.41 Å². The Bertz CT molecular complexity index is 540. The molecular weight excluding hydrogens is 302 g/mol. The van der Waals surface area contributed by atoms with Gasteiger partial charge in [0.2, 0.25) is 11.8 Å². The molecule has 0 bridgehead atoms. The molecule has 0 spiro atoms. The molecule has 0 saturated carbocycles. The van der Waals surface area contributed by atoms with Gasteiger partial charge in [-0.25, -0.2) is 0 Å². The van der Waals surface area contributed by atoms with Gasteiger partial charge < -0.3 is 16.0 Å². The molecule has 1 aromatic carbocycles. The summed E-state index contributed by atoms with van der Waals surface area (Å²) in [7, 11) is 0. The van der Waals surface area contributed by atoms with Gasteiger partial charge in [-0.05, 0) is 44.4 Å². The minimum atomic E-state index is -0.512. The Morgan fingerprint density at radius 2 is 1.71 bits per heavy atom. The number of anilines is 1. The van der Waals surface area contributed by atoms with Gasteiger partial charge in [0, 0.05) is 31.7 Å². The largest absolute Gasteiger partial charge is 0.336 e. The van der Waals surface area contributed by atoms with Gasteiger partial charge in [0.25, 0.3) is 0 Å². The molecule has 24 heavy (non-hydrogen) atoms. The van der Waals surface area contributed by atoms with Gasteiger partial charge >= 0.3 is 0 Å². The van der Waals surface area contributed by atoms with E-state index in [1.807, 2.05) is 52.0 Å². The molecule has 0 aliphatic rings. The second-order valence-electron chi connectivity index (χ2n) is 6.58. The molecule has 1 rings (SSSR count). The van der Waals surface area contributed by atoms with E-state index in [1.165, 1.54) is 0 Å². The number of hydrogen-bond acceptors (Lipinski definition) is 3. The van der Waals surface area contributed by atoms with Gasteiger partial charge in [-0.3, -0.25) is 9.59 Å². The van der Waals surface area contributed by atoms with Crippen LogP contribution in [0.1, 0.15) is 53.0 Å². The van der Waals surface area contributed by atoms with Crippen LogP contribution < -0.4 is 11.1 Å². The van der Waals surface area contributed by atoms with Crippen molar-refractivity contribution in [1.29, 1.82) is 0 Å². The monoisotopic (exact) mass is 333 g/mol. The van der Waals surface area contributed by atoms with Gasteiger partial charge in [-0.2, -0.15) is 0 Å². The van der Waals surface area contributed by atoms with Crippen molar-refractivity contribution in [1.82, 2.24) is 4.90 Å². The molecule has 1 aromatic rings. The second-order valence-corrected chi connectivity index (χ2v) is 6.58. The van der Waals surface area contributed by atoms with E-state index in [4.69, 9.17) is 5.73 Å². The van der Waals surface area contributed by atoms with E-state index in [9.17, 15) is 9.59 Å². The molecule has 0 heterocycles. The van der Waals surface area contributed by atoms with E-state index in [0.29, 0.717) is 25.9 Å². The Morgan fingerprint density at radius 1 is 1.17 bits per heavy atom. The Labute approximate surface area is 145 Å². The second kappa shape index (κ2) is 8.83. The summed E-state index contributed by atoms with van der Waals surface area (Å²) in [6.45, 7) is 10.5. The maximum atomic E-state index is 12.5. The van der Waals surface area contributed by atoms with Crippen molar-refractivity contribution in [2.24, 2.45) is 11.1 Å². The zero-order valence-electron chi connectivity index (χ0n) is 15.6. The van der Waals surface area contributed by atoms with Crippen LogP contribution >= 0.6 is 0 Å². The maximum absolute atomic E-state index is 12.5. The van der Waals surface area contributed by atoms with Crippen LogP contribution in [0, 0.1) is 5.41 Å². The fraction of sp³-hybridized carbons (Fsp3) is 0.579. The van der Waals surface area contributed by atoms with Gasteiger partial charge in [0.1, 0.15) is 0 Å². The molecule has 5 heteroatoms. The molecule has 0 saturated heterocycles. The van der Waals surface area contributed by atoms with Gasteiger partial charge in [-0.1, -0.05) is 26.0 Å². The minimum Gasteiger partial charge on any atom is -0.336 e. The van der Waals surface area contributed by atoms with Crippen molar-refractivity contribution in [3.63, 3.8) is 0 Å². The number of hydrogen-bond donors (Lipinski definition) is 2. The number of nitrogens with one attached hydrogen (secondary N) is 1. The maximum Gasteiger partial charge on any atom is 0.231 e. The summed E-state index contributed by atoms with van der Waals surface area (Å²) in [5.74, 6) is 0.0243. The molecule has 134 valence electrons. The number of rotatable bonds is 8. The number of carbonyl (C=O) groups is 2.